The minimum atomic E-state index is 0.381. The molecule has 0 unspecified atom stereocenters. The summed E-state index contributed by atoms with van der Waals surface area (Å²) in [7, 11) is 0. The summed E-state index contributed by atoms with van der Waals surface area (Å²) < 4.78 is 0. The van der Waals surface area contributed by atoms with Crippen LogP contribution in [-0.2, 0) is 5.41 Å². The van der Waals surface area contributed by atoms with Gasteiger partial charge in [0.05, 0.1) is 11.6 Å². The van der Waals surface area contributed by atoms with Crippen LogP contribution < -0.4 is 0 Å². The van der Waals surface area contributed by atoms with E-state index < -0.39 is 0 Å². The van der Waals surface area contributed by atoms with Gasteiger partial charge < -0.3 is 0 Å². The highest BCUT2D eigenvalue weighted by atomic mass is 15.0. The van der Waals surface area contributed by atoms with Gasteiger partial charge in [-0.15, -0.1) is 0 Å². The van der Waals surface area contributed by atoms with Crippen molar-refractivity contribution in [3.05, 3.63) is 163 Å². The zero-order valence-corrected chi connectivity index (χ0v) is 30.2. The van der Waals surface area contributed by atoms with Crippen molar-refractivity contribution in [1.29, 1.82) is 5.26 Å². The Morgan fingerprint density at radius 3 is 1.33 bits per heavy atom. The zero-order chi connectivity index (χ0) is 36.1. The summed E-state index contributed by atoms with van der Waals surface area (Å²) in [5.74, 6) is 4.76. The Labute approximate surface area is 317 Å². The molecule has 0 radical (unpaired) electrons. The molecule has 0 spiro atoms. The summed E-state index contributed by atoms with van der Waals surface area (Å²) in [6, 6.07) is 55.2. The highest BCUT2D eigenvalue weighted by molar-refractivity contribution is 5.82. The van der Waals surface area contributed by atoms with Crippen molar-refractivity contribution in [2.45, 2.75) is 43.9 Å². The molecule has 1 aromatic heterocycles. The Bertz CT molecular complexity index is 2460. The van der Waals surface area contributed by atoms with Gasteiger partial charge in [-0.25, -0.2) is 15.0 Å². The summed E-state index contributed by atoms with van der Waals surface area (Å²) >= 11 is 0. The predicted molar refractivity (Wildman–Crippen MR) is 217 cm³/mol. The Morgan fingerprint density at radius 2 is 0.815 bits per heavy atom. The molecule has 54 heavy (non-hydrogen) atoms. The first kappa shape index (κ1) is 32.5. The van der Waals surface area contributed by atoms with E-state index in [9.17, 15) is 0 Å². The Morgan fingerprint density at radius 1 is 0.407 bits per heavy atom. The summed E-state index contributed by atoms with van der Waals surface area (Å²) in [6.45, 7) is 0. The van der Waals surface area contributed by atoms with E-state index in [4.69, 9.17) is 20.2 Å². The lowest BCUT2D eigenvalue weighted by molar-refractivity contribution is -0.00518. The third-order valence-electron chi connectivity index (χ3n) is 12.4. The van der Waals surface area contributed by atoms with Crippen molar-refractivity contribution < 1.29 is 0 Å². The van der Waals surface area contributed by atoms with Crippen LogP contribution in [-0.4, -0.2) is 15.0 Å². The first-order chi connectivity index (χ1) is 26.6. The van der Waals surface area contributed by atoms with Crippen LogP contribution in [0.1, 0.15) is 49.7 Å². The molecule has 6 aromatic carbocycles. The van der Waals surface area contributed by atoms with Gasteiger partial charge in [-0.1, -0.05) is 140 Å². The second-order valence-corrected chi connectivity index (χ2v) is 15.8. The molecule has 1 heterocycles. The SMILES string of the molecule is N#Cc1ccc(-c2ccc(-c3ccc(-c4nc(-c5ccccc5)nc(-c5ccccc5-c5ccc(C67CC8C[C@H](C6)C[C@@H](C8)C7)cc5)n4)cc3)cc2)cc1. The monoisotopic (exact) mass is 696 g/mol. The Kier molecular flexibility index (Phi) is 8.02. The molecule has 0 atom stereocenters. The summed E-state index contributed by atoms with van der Waals surface area (Å²) in [6.07, 6.45) is 8.50. The second kappa shape index (κ2) is 13.3. The van der Waals surface area contributed by atoms with Crippen LogP contribution >= 0.6 is 0 Å². The van der Waals surface area contributed by atoms with Crippen molar-refractivity contribution in [2.75, 3.05) is 0 Å². The maximum atomic E-state index is 9.15. The maximum Gasteiger partial charge on any atom is 0.164 e. The van der Waals surface area contributed by atoms with Gasteiger partial charge in [0.2, 0.25) is 0 Å². The normalized spacial score (nSPS) is 21.1. The second-order valence-electron chi connectivity index (χ2n) is 15.8. The average Bonchev–Trinajstić information content (AvgIpc) is 3.23. The van der Waals surface area contributed by atoms with E-state index >= 15 is 0 Å². The van der Waals surface area contributed by atoms with Crippen molar-refractivity contribution >= 4 is 0 Å². The molecule has 11 rings (SSSR count). The fraction of sp³-hybridized carbons (Fsp3) is 0.200. The van der Waals surface area contributed by atoms with E-state index in [0.717, 1.165) is 62.3 Å². The zero-order valence-electron chi connectivity index (χ0n) is 30.2. The maximum absolute atomic E-state index is 9.15. The summed E-state index contributed by atoms with van der Waals surface area (Å²) in [4.78, 5) is 15.3. The molecule has 4 fully saturated rings. The molecule has 0 aliphatic heterocycles. The number of nitrogens with zero attached hydrogens (tertiary/aromatic N) is 4. The molecule has 7 aromatic rings. The van der Waals surface area contributed by atoms with Crippen LogP contribution in [0.4, 0.5) is 0 Å². The average molecular weight is 697 g/mol. The van der Waals surface area contributed by atoms with Crippen molar-refractivity contribution in [3.8, 4) is 73.6 Å². The van der Waals surface area contributed by atoms with Gasteiger partial charge in [-0.05, 0) is 113 Å². The number of benzene rings is 6. The smallest absolute Gasteiger partial charge is 0.164 e. The molecule has 4 nitrogen and oxygen atoms in total. The molecule has 260 valence electrons. The van der Waals surface area contributed by atoms with Crippen LogP contribution in [0.15, 0.2) is 152 Å². The predicted octanol–water partition coefficient (Wildman–Crippen LogP) is 12.2. The fourth-order valence-electron chi connectivity index (χ4n) is 10.1. The number of nitriles is 1. The summed E-state index contributed by atoms with van der Waals surface area (Å²) in [5.41, 5.74) is 12.3. The van der Waals surface area contributed by atoms with E-state index in [0.29, 0.717) is 28.5 Å². The number of aromatic nitrogens is 3. The Balaban J connectivity index is 0.976. The molecule has 4 aliphatic carbocycles. The van der Waals surface area contributed by atoms with E-state index in [-0.39, 0.29) is 0 Å². The highest BCUT2D eigenvalue weighted by Gasteiger charge is 2.51. The van der Waals surface area contributed by atoms with Gasteiger partial charge in [0.1, 0.15) is 0 Å². The lowest BCUT2D eigenvalue weighted by atomic mass is 9.48. The number of hydrogen-bond donors (Lipinski definition) is 0. The molecular weight excluding hydrogens is 657 g/mol. The van der Waals surface area contributed by atoms with Gasteiger partial charge in [0.25, 0.3) is 0 Å². The van der Waals surface area contributed by atoms with Crippen molar-refractivity contribution in [2.24, 2.45) is 17.8 Å². The van der Waals surface area contributed by atoms with E-state index in [2.05, 4.69) is 115 Å². The van der Waals surface area contributed by atoms with Crippen molar-refractivity contribution in [1.82, 2.24) is 15.0 Å². The lowest BCUT2D eigenvalue weighted by Crippen LogP contribution is -2.48. The minimum Gasteiger partial charge on any atom is -0.208 e. The fourth-order valence-corrected chi connectivity index (χ4v) is 10.1. The van der Waals surface area contributed by atoms with E-state index in [1.165, 1.54) is 44.1 Å². The van der Waals surface area contributed by atoms with Crippen LogP contribution in [0, 0.1) is 29.1 Å². The van der Waals surface area contributed by atoms with Crippen LogP contribution in [0.25, 0.3) is 67.5 Å². The Hall–Kier alpha value is -6.18. The van der Waals surface area contributed by atoms with Gasteiger partial charge in [0.15, 0.2) is 17.5 Å². The van der Waals surface area contributed by atoms with Gasteiger partial charge >= 0.3 is 0 Å². The third kappa shape index (κ3) is 6.00. The van der Waals surface area contributed by atoms with Crippen LogP contribution in [0.3, 0.4) is 0 Å². The van der Waals surface area contributed by atoms with E-state index in [1.807, 2.05) is 42.5 Å². The number of rotatable bonds is 7. The third-order valence-corrected chi connectivity index (χ3v) is 12.4. The molecular formula is C50H40N4. The molecule has 4 heteroatoms. The first-order valence-corrected chi connectivity index (χ1v) is 19.3. The van der Waals surface area contributed by atoms with Crippen LogP contribution in [0.5, 0.6) is 0 Å². The lowest BCUT2D eigenvalue weighted by Gasteiger charge is -2.57. The van der Waals surface area contributed by atoms with Gasteiger partial charge in [-0.3, -0.25) is 0 Å². The molecule has 0 saturated heterocycles. The minimum absolute atomic E-state index is 0.381. The molecule has 0 N–H and O–H groups in total. The first-order valence-electron chi connectivity index (χ1n) is 19.3. The number of hydrogen-bond acceptors (Lipinski definition) is 4. The van der Waals surface area contributed by atoms with Gasteiger partial charge in [0, 0.05) is 16.7 Å². The van der Waals surface area contributed by atoms with Crippen molar-refractivity contribution in [3.63, 3.8) is 0 Å². The largest absolute Gasteiger partial charge is 0.208 e. The molecule has 4 saturated carbocycles. The molecule has 4 aliphatic rings. The topological polar surface area (TPSA) is 62.5 Å². The highest BCUT2D eigenvalue weighted by Crippen LogP contribution is 2.60. The van der Waals surface area contributed by atoms with Gasteiger partial charge in [-0.2, -0.15) is 5.26 Å². The molecule has 0 amide bonds. The molecule has 4 bridgehead atoms. The quantitative estimate of drug-likeness (QED) is 0.166. The van der Waals surface area contributed by atoms with E-state index in [1.54, 1.807) is 5.56 Å². The standard InChI is InChI=1S/C50H40N4/c51-32-33-10-12-37(13-11-33)38-14-16-39(17-15-38)40-18-20-43(21-19-40)48-52-47(42-6-2-1-3-7-42)53-49(54-48)46-9-5-4-8-45(46)41-22-24-44(25-23-41)50-29-34-26-35(30-50)28-36(27-34)31-50/h1-25,34-36H,26-31H2/t34-,35+,36?,50?. The summed E-state index contributed by atoms with van der Waals surface area (Å²) in [5, 5.41) is 9.15. The van der Waals surface area contributed by atoms with Crippen LogP contribution in [0.2, 0.25) is 0 Å².